The zero-order chi connectivity index (χ0) is 39.8. The first-order valence-electron chi connectivity index (χ1n) is 20.4. The molecule has 1 aliphatic rings. The van der Waals surface area contributed by atoms with Crippen LogP contribution in [0.2, 0.25) is 0 Å². The minimum atomic E-state index is 0.0856. The van der Waals surface area contributed by atoms with Gasteiger partial charge >= 0.3 is 0 Å². The van der Waals surface area contributed by atoms with Gasteiger partial charge in [-0.15, -0.1) is 0 Å². The number of aromatic nitrogens is 3. The summed E-state index contributed by atoms with van der Waals surface area (Å²) >= 11 is 0. The number of anilines is 3. The number of allylic oxidation sites excluding steroid dienone is 4. The van der Waals surface area contributed by atoms with E-state index in [2.05, 4.69) is 181 Å². The molecule has 11 rings (SSSR count). The molecule has 8 aromatic carbocycles. The molecule has 0 bridgehead atoms. The minimum absolute atomic E-state index is 0.0856. The Hall–Kier alpha value is -7.89. The van der Waals surface area contributed by atoms with Crippen molar-refractivity contribution in [2.24, 2.45) is 0 Å². The van der Waals surface area contributed by atoms with Crippen LogP contribution in [0.5, 0.6) is 0 Å². The van der Waals surface area contributed by atoms with Crippen LogP contribution in [0, 0.1) is 0 Å². The second-order valence-electron chi connectivity index (χ2n) is 15.1. The van der Waals surface area contributed by atoms with E-state index in [1.807, 2.05) is 36.4 Å². The molecule has 1 unspecified atom stereocenters. The van der Waals surface area contributed by atoms with E-state index in [9.17, 15) is 0 Å². The van der Waals surface area contributed by atoms with Crippen molar-refractivity contribution in [2.45, 2.75) is 12.3 Å². The molecule has 0 spiro atoms. The molecule has 0 saturated heterocycles. The molecule has 60 heavy (non-hydrogen) atoms. The van der Waals surface area contributed by atoms with Crippen LogP contribution in [0.3, 0.4) is 0 Å². The van der Waals surface area contributed by atoms with E-state index in [1.54, 1.807) is 0 Å². The van der Waals surface area contributed by atoms with Crippen molar-refractivity contribution in [3.8, 4) is 45.0 Å². The van der Waals surface area contributed by atoms with Gasteiger partial charge in [-0.2, -0.15) is 0 Å². The predicted molar refractivity (Wildman–Crippen MR) is 247 cm³/mol. The lowest BCUT2D eigenvalue weighted by molar-refractivity contribution is 0.669. The Bertz CT molecular complexity index is 3220. The van der Waals surface area contributed by atoms with Crippen molar-refractivity contribution >= 4 is 49.8 Å². The zero-order valence-corrected chi connectivity index (χ0v) is 32.7. The van der Waals surface area contributed by atoms with Crippen LogP contribution < -0.4 is 4.90 Å². The molecule has 5 heteroatoms. The lowest BCUT2D eigenvalue weighted by atomic mass is 9.98. The van der Waals surface area contributed by atoms with Gasteiger partial charge in [-0.3, -0.25) is 0 Å². The van der Waals surface area contributed by atoms with Crippen molar-refractivity contribution in [1.82, 2.24) is 15.0 Å². The molecule has 0 saturated carbocycles. The SMILES string of the molecule is C1=CCC(c2nc(-c3ccccc3)nc(-c3ccc4c(c3)oc3cccc(-c5ccc(N(c6ccc(-c7ccccc7)cc6)c6cccc7ccccc67)cc5)c34)n2)C=C1. The quantitative estimate of drug-likeness (QED) is 0.154. The summed E-state index contributed by atoms with van der Waals surface area (Å²) < 4.78 is 6.60. The van der Waals surface area contributed by atoms with Crippen molar-refractivity contribution in [1.29, 1.82) is 0 Å². The van der Waals surface area contributed by atoms with E-state index in [0.29, 0.717) is 11.6 Å². The van der Waals surface area contributed by atoms with Crippen molar-refractivity contribution < 1.29 is 4.42 Å². The first-order chi connectivity index (χ1) is 29.7. The van der Waals surface area contributed by atoms with Gasteiger partial charge in [0.2, 0.25) is 0 Å². The lowest BCUT2D eigenvalue weighted by Crippen LogP contribution is -2.10. The van der Waals surface area contributed by atoms with Gasteiger partial charge in [0.05, 0.1) is 5.69 Å². The summed E-state index contributed by atoms with van der Waals surface area (Å²) in [4.78, 5) is 17.3. The van der Waals surface area contributed by atoms with Gasteiger partial charge in [0.15, 0.2) is 11.6 Å². The van der Waals surface area contributed by atoms with Crippen LogP contribution in [-0.2, 0) is 0 Å². The third kappa shape index (κ3) is 6.52. The maximum absolute atomic E-state index is 6.60. The van der Waals surface area contributed by atoms with Gasteiger partial charge in [-0.1, -0.05) is 164 Å². The fraction of sp³-hybridized carbons (Fsp3) is 0.0364. The van der Waals surface area contributed by atoms with Crippen LogP contribution in [0.4, 0.5) is 17.1 Å². The maximum atomic E-state index is 6.60. The monoisotopic (exact) mass is 770 g/mol. The molecular weight excluding hydrogens is 733 g/mol. The van der Waals surface area contributed by atoms with E-state index in [0.717, 1.165) is 73.5 Å². The molecule has 0 radical (unpaired) electrons. The Labute approximate surface area is 348 Å². The highest BCUT2D eigenvalue weighted by atomic mass is 16.3. The first kappa shape index (κ1) is 35.3. The molecule has 2 heterocycles. The van der Waals surface area contributed by atoms with Gasteiger partial charge in [0, 0.05) is 44.6 Å². The molecule has 0 aliphatic heterocycles. The summed E-state index contributed by atoms with van der Waals surface area (Å²) in [6.45, 7) is 0. The van der Waals surface area contributed by atoms with E-state index in [4.69, 9.17) is 19.4 Å². The summed E-state index contributed by atoms with van der Waals surface area (Å²) in [6.07, 6.45) is 9.31. The minimum Gasteiger partial charge on any atom is -0.456 e. The standard InChI is InChI=1S/C55H38N4O/c1-4-14-37(15-5-1)38-26-31-44(32-27-38)59(49-24-12-21-39-16-10-11-22-46(39)49)45-33-28-40(29-34-45)47-23-13-25-50-52(47)48-35-30-43(36-51(48)60-50)55-57-53(41-17-6-2-7-18-41)56-54(58-55)42-19-8-3-9-20-42/h1-19,21-36,42H,20H2. The number of benzene rings is 8. The van der Waals surface area contributed by atoms with Crippen LogP contribution in [0.15, 0.2) is 217 Å². The molecular formula is C55H38N4O. The first-order valence-corrected chi connectivity index (χ1v) is 20.4. The normalized spacial score (nSPS) is 13.6. The Morgan fingerprint density at radius 3 is 1.85 bits per heavy atom. The highest BCUT2D eigenvalue weighted by Crippen LogP contribution is 2.42. The van der Waals surface area contributed by atoms with Crippen molar-refractivity contribution in [3.63, 3.8) is 0 Å². The number of furan rings is 1. The van der Waals surface area contributed by atoms with Gasteiger partial charge < -0.3 is 9.32 Å². The number of nitrogens with zero attached hydrogens (tertiary/aromatic N) is 4. The topological polar surface area (TPSA) is 55.1 Å². The van der Waals surface area contributed by atoms with Crippen LogP contribution in [-0.4, -0.2) is 15.0 Å². The number of fused-ring (bicyclic) bond motifs is 4. The molecule has 2 aromatic heterocycles. The largest absolute Gasteiger partial charge is 0.456 e. The fourth-order valence-corrected chi connectivity index (χ4v) is 8.44. The smallest absolute Gasteiger partial charge is 0.163 e. The molecule has 5 nitrogen and oxygen atoms in total. The summed E-state index contributed by atoms with van der Waals surface area (Å²) in [5.74, 6) is 2.14. The fourth-order valence-electron chi connectivity index (χ4n) is 8.44. The van der Waals surface area contributed by atoms with Crippen molar-refractivity contribution in [2.75, 3.05) is 4.90 Å². The third-order valence-electron chi connectivity index (χ3n) is 11.4. The van der Waals surface area contributed by atoms with Gasteiger partial charge in [0.25, 0.3) is 0 Å². The Morgan fingerprint density at radius 1 is 0.467 bits per heavy atom. The second kappa shape index (κ2) is 15.1. The molecule has 0 N–H and O–H groups in total. The van der Waals surface area contributed by atoms with Gasteiger partial charge in [-0.05, 0) is 82.6 Å². The average molecular weight is 771 g/mol. The molecule has 284 valence electrons. The van der Waals surface area contributed by atoms with Gasteiger partial charge in [-0.25, -0.2) is 15.0 Å². The van der Waals surface area contributed by atoms with E-state index in [1.165, 1.54) is 21.9 Å². The number of hydrogen-bond acceptors (Lipinski definition) is 5. The maximum Gasteiger partial charge on any atom is 0.163 e. The predicted octanol–water partition coefficient (Wildman–Crippen LogP) is 14.7. The molecule has 0 amide bonds. The molecule has 1 atom stereocenters. The number of rotatable bonds is 8. The van der Waals surface area contributed by atoms with E-state index in [-0.39, 0.29) is 5.92 Å². The summed E-state index contributed by atoms with van der Waals surface area (Å²) in [5, 5.41) is 4.51. The van der Waals surface area contributed by atoms with Crippen LogP contribution in [0.25, 0.3) is 77.7 Å². The van der Waals surface area contributed by atoms with Crippen LogP contribution in [0.1, 0.15) is 18.2 Å². The summed E-state index contributed by atoms with van der Waals surface area (Å²) in [5.41, 5.74) is 11.4. The summed E-state index contributed by atoms with van der Waals surface area (Å²) in [7, 11) is 0. The highest BCUT2D eigenvalue weighted by Gasteiger charge is 2.20. The summed E-state index contributed by atoms with van der Waals surface area (Å²) in [6, 6.07) is 66.1. The Balaban J connectivity index is 0.978. The van der Waals surface area contributed by atoms with Gasteiger partial charge in [0.1, 0.15) is 17.0 Å². The van der Waals surface area contributed by atoms with E-state index >= 15 is 0 Å². The zero-order valence-electron chi connectivity index (χ0n) is 32.7. The molecule has 1 aliphatic carbocycles. The molecule has 10 aromatic rings. The lowest BCUT2D eigenvalue weighted by Gasteiger charge is -2.27. The molecule has 0 fully saturated rings. The average Bonchev–Trinajstić information content (AvgIpc) is 3.71. The second-order valence-corrected chi connectivity index (χ2v) is 15.1. The van der Waals surface area contributed by atoms with Crippen LogP contribution >= 0.6 is 0 Å². The van der Waals surface area contributed by atoms with E-state index < -0.39 is 0 Å². The Kier molecular flexibility index (Phi) is 8.90. The van der Waals surface area contributed by atoms with Crippen molar-refractivity contribution in [3.05, 3.63) is 218 Å². The highest BCUT2D eigenvalue weighted by molar-refractivity contribution is 6.13. The Morgan fingerprint density at radius 2 is 1.10 bits per heavy atom. The number of hydrogen-bond donors (Lipinski definition) is 0. The third-order valence-corrected chi connectivity index (χ3v) is 11.4.